The van der Waals surface area contributed by atoms with Gasteiger partial charge in [-0.2, -0.15) is 0 Å². The molecule has 6 N–H and O–H groups in total. The van der Waals surface area contributed by atoms with Gasteiger partial charge in [-0.15, -0.1) is 0 Å². The van der Waals surface area contributed by atoms with Gasteiger partial charge < -0.3 is 26.8 Å². The van der Waals surface area contributed by atoms with Crippen LogP contribution in [-0.2, 0) is 12.8 Å². The second kappa shape index (κ2) is 10.7. The first kappa shape index (κ1) is 21.8. The molecule has 29 heavy (non-hydrogen) atoms. The van der Waals surface area contributed by atoms with Crippen molar-refractivity contribution in [1.29, 1.82) is 5.41 Å². The number of benzene rings is 1. The highest BCUT2D eigenvalue weighted by atomic mass is 16.2. The van der Waals surface area contributed by atoms with Crippen LogP contribution in [0.5, 0.6) is 0 Å². The lowest BCUT2D eigenvalue weighted by Crippen LogP contribution is -2.36. The normalized spacial score (nSPS) is 12.7. The number of rotatable bonds is 8. The average molecular weight is 392 g/mol. The molecular weight excluding hydrogens is 362 g/mol. The van der Waals surface area contributed by atoms with Gasteiger partial charge >= 0.3 is 6.03 Å². The van der Waals surface area contributed by atoms with E-state index in [1.165, 1.54) is 11.8 Å². The van der Waals surface area contributed by atoms with Crippen LogP contribution in [0, 0.1) is 5.41 Å². The van der Waals surface area contributed by atoms with E-state index in [2.05, 4.69) is 22.2 Å². The van der Waals surface area contributed by atoms with Gasteiger partial charge in [0, 0.05) is 41.1 Å². The Morgan fingerprint density at radius 2 is 2.00 bits per heavy atom. The van der Waals surface area contributed by atoms with Crippen LogP contribution in [0.1, 0.15) is 25.0 Å². The van der Waals surface area contributed by atoms with E-state index in [4.69, 9.17) is 11.1 Å². The van der Waals surface area contributed by atoms with Crippen molar-refractivity contribution in [3.05, 3.63) is 81.8 Å². The molecule has 0 aliphatic heterocycles. The SMILES string of the molecule is C=c1[nH]cc(C/C(C(C)=N)=C(\C)NC(=O)NCCc2ccccc2)/c1=C/C=C\N. The molecule has 1 heterocycles. The van der Waals surface area contributed by atoms with Gasteiger partial charge in [0.25, 0.3) is 0 Å². The highest BCUT2D eigenvalue weighted by Crippen LogP contribution is 2.09. The summed E-state index contributed by atoms with van der Waals surface area (Å²) in [5.74, 6) is 0. The van der Waals surface area contributed by atoms with Crippen LogP contribution >= 0.6 is 0 Å². The zero-order chi connectivity index (χ0) is 21.2. The number of urea groups is 1. The zero-order valence-corrected chi connectivity index (χ0v) is 17.0. The van der Waals surface area contributed by atoms with E-state index in [9.17, 15) is 4.79 Å². The van der Waals surface area contributed by atoms with Crippen LogP contribution in [0.2, 0.25) is 0 Å². The smallest absolute Gasteiger partial charge is 0.318 e. The molecular formula is C23H29N5O. The molecule has 2 rings (SSSR count). The fourth-order valence-corrected chi connectivity index (χ4v) is 3.02. The van der Waals surface area contributed by atoms with Gasteiger partial charge in [-0.25, -0.2) is 4.79 Å². The minimum Gasteiger partial charge on any atom is -0.405 e. The Labute approximate surface area is 171 Å². The number of nitrogens with one attached hydrogen (secondary N) is 4. The maximum atomic E-state index is 12.3. The fraction of sp³-hybridized carbons (Fsp3) is 0.217. The lowest BCUT2D eigenvalue weighted by Gasteiger charge is -2.13. The van der Waals surface area contributed by atoms with Crippen LogP contribution in [0.25, 0.3) is 12.7 Å². The van der Waals surface area contributed by atoms with Gasteiger partial charge in [-0.05, 0) is 49.2 Å². The Bertz CT molecular complexity index is 1020. The molecule has 0 aliphatic carbocycles. The van der Waals surface area contributed by atoms with E-state index in [0.29, 0.717) is 24.4 Å². The van der Waals surface area contributed by atoms with Gasteiger partial charge in [-0.3, -0.25) is 0 Å². The summed E-state index contributed by atoms with van der Waals surface area (Å²) >= 11 is 0. The summed E-state index contributed by atoms with van der Waals surface area (Å²) in [6, 6.07) is 9.72. The maximum Gasteiger partial charge on any atom is 0.318 e. The van der Waals surface area contributed by atoms with E-state index in [1.54, 1.807) is 13.0 Å². The van der Waals surface area contributed by atoms with Crippen molar-refractivity contribution in [1.82, 2.24) is 15.6 Å². The van der Waals surface area contributed by atoms with E-state index in [1.807, 2.05) is 49.5 Å². The van der Waals surface area contributed by atoms with Gasteiger partial charge in [0.1, 0.15) is 0 Å². The summed E-state index contributed by atoms with van der Waals surface area (Å²) in [6.45, 7) is 8.05. The molecule has 0 aliphatic rings. The van der Waals surface area contributed by atoms with Crippen LogP contribution in [0.15, 0.2) is 60.1 Å². The van der Waals surface area contributed by atoms with Crippen molar-refractivity contribution in [2.45, 2.75) is 26.7 Å². The molecule has 0 atom stereocenters. The van der Waals surface area contributed by atoms with Crippen molar-refractivity contribution in [2.24, 2.45) is 5.73 Å². The van der Waals surface area contributed by atoms with Crippen LogP contribution < -0.4 is 26.9 Å². The lowest BCUT2D eigenvalue weighted by atomic mass is 10.0. The molecule has 1 aromatic heterocycles. The molecule has 0 saturated carbocycles. The van der Waals surface area contributed by atoms with Crippen molar-refractivity contribution in [3.63, 3.8) is 0 Å². The van der Waals surface area contributed by atoms with Crippen LogP contribution in [0.4, 0.5) is 4.79 Å². The van der Waals surface area contributed by atoms with E-state index >= 15 is 0 Å². The van der Waals surface area contributed by atoms with E-state index < -0.39 is 0 Å². The molecule has 1 aromatic carbocycles. The second-order valence-electron chi connectivity index (χ2n) is 6.78. The second-order valence-corrected chi connectivity index (χ2v) is 6.78. The molecule has 0 bridgehead atoms. The third kappa shape index (κ3) is 6.53. The summed E-state index contributed by atoms with van der Waals surface area (Å²) in [4.78, 5) is 15.4. The first-order valence-electron chi connectivity index (χ1n) is 9.50. The van der Waals surface area contributed by atoms with Gasteiger partial charge in [0.15, 0.2) is 0 Å². The summed E-state index contributed by atoms with van der Waals surface area (Å²) in [5.41, 5.74) is 9.40. The molecule has 2 aromatic rings. The summed E-state index contributed by atoms with van der Waals surface area (Å²) in [7, 11) is 0. The first-order valence-corrected chi connectivity index (χ1v) is 9.50. The Morgan fingerprint density at radius 3 is 2.66 bits per heavy atom. The number of hydrogen-bond acceptors (Lipinski definition) is 3. The fourth-order valence-electron chi connectivity index (χ4n) is 3.02. The molecule has 6 heteroatoms. The number of aromatic nitrogens is 1. The third-order valence-electron chi connectivity index (χ3n) is 4.58. The molecule has 2 amide bonds. The van der Waals surface area contributed by atoms with Crippen LogP contribution in [-0.4, -0.2) is 23.3 Å². The minimum atomic E-state index is -0.276. The highest BCUT2D eigenvalue weighted by molar-refractivity contribution is 5.97. The molecule has 0 unspecified atom stereocenters. The van der Waals surface area contributed by atoms with Crippen molar-refractivity contribution < 1.29 is 4.79 Å². The Balaban J connectivity index is 2.07. The number of amides is 2. The molecule has 0 spiro atoms. The monoisotopic (exact) mass is 391 g/mol. The quantitative estimate of drug-likeness (QED) is 0.444. The van der Waals surface area contributed by atoms with E-state index in [0.717, 1.165) is 28.1 Å². The molecule has 0 fully saturated rings. The van der Waals surface area contributed by atoms with Crippen molar-refractivity contribution in [3.8, 4) is 0 Å². The predicted molar refractivity (Wildman–Crippen MR) is 120 cm³/mol. The number of hydrogen-bond donors (Lipinski definition) is 5. The average Bonchev–Trinajstić information content (AvgIpc) is 3.04. The molecule has 6 nitrogen and oxygen atoms in total. The molecule has 152 valence electrons. The maximum absolute atomic E-state index is 12.3. The van der Waals surface area contributed by atoms with Gasteiger partial charge in [-0.1, -0.05) is 43.0 Å². The van der Waals surface area contributed by atoms with Gasteiger partial charge in [0.05, 0.1) is 0 Å². The Morgan fingerprint density at radius 1 is 1.28 bits per heavy atom. The van der Waals surface area contributed by atoms with Crippen molar-refractivity contribution in [2.75, 3.05) is 6.54 Å². The number of nitrogens with two attached hydrogens (primary N) is 1. The number of carbonyl (C=O) groups is 1. The largest absolute Gasteiger partial charge is 0.405 e. The topological polar surface area (TPSA) is 107 Å². The van der Waals surface area contributed by atoms with E-state index in [-0.39, 0.29) is 6.03 Å². The highest BCUT2D eigenvalue weighted by Gasteiger charge is 2.11. The number of H-pyrrole nitrogens is 1. The summed E-state index contributed by atoms with van der Waals surface area (Å²) in [5, 5.41) is 15.6. The Kier molecular flexibility index (Phi) is 8.03. The number of carbonyl (C=O) groups excluding carboxylic acids is 1. The lowest BCUT2D eigenvalue weighted by molar-refractivity contribution is 0.243. The number of aromatic amines is 1. The van der Waals surface area contributed by atoms with Gasteiger partial charge in [0.2, 0.25) is 0 Å². The Hall–Kier alpha value is -3.54. The molecule has 0 radical (unpaired) electrons. The zero-order valence-electron chi connectivity index (χ0n) is 17.0. The third-order valence-corrected chi connectivity index (χ3v) is 4.58. The number of allylic oxidation sites excluding steroid dienone is 3. The summed E-state index contributed by atoms with van der Waals surface area (Å²) < 4.78 is 0. The first-order chi connectivity index (χ1) is 13.9. The standard InChI is InChI=1S/C23H29N5O/c1-16(25)22(14-20-15-27-17(2)21(20)10-7-12-24)18(3)28-23(29)26-13-11-19-8-5-4-6-9-19/h4-10,12,15,25,27H,2,11,13-14,24H2,1,3H3,(H2,26,28,29)/b12-7-,21-10+,22-18-,25-16?. The minimum absolute atomic E-state index is 0.276. The van der Waals surface area contributed by atoms with Crippen molar-refractivity contribution >= 4 is 24.4 Å². The molecule has 0 saturated heterocycles. The summed E-state index contributed by atoms with van der Waals surface area (Å²) in [6.07, 6.45) is 8.21. The predicted octanol–water partition coefficient (Wildman–Crippen LogP) is 2.08. The van der Waals surface area contributed by atoms with Crippen LogP contribution in [0.3, 0.4) is 0 Å².